The van der Waals surface area contributed by atoms with Gasteiger partial charge in [-0.05, 0) is 66.1 Å². The van der Waals surface area contributed by atoms with Crippen LogP contribution in [0.2, 0.25) is 15.1 Å². The number of halogens is 4. The zero-order valence-corrected chi connectivity index (χ0v) is 21.9. The molecule has 0 radical (unpaired) electrons. The first kappa shape index (κ1) is 25.9. The summed E-state index contributed by atoms with van der Waals surface area (Å²) in [5.74, 6) is 0.334. The van der Waals surface area contributed by atoms with Crippen molar-refractivity contribution in [1.29, 1.82) is 5.26 Å². The molecule has 3 aromatic carbocycles. The molecule has 9 heteroatoms. The van der Waals surface area contributed by atoms with Crippen LogP contribution in [0.1, 0.15) is 16.7 Å². The summed E-state index contributed by atoms with van der Waals surface area (Å²) in [5, 5.41) is 13.7. The Kier molecular flexibility index (Phi) is 8.87. The second kappa shape index (κ2) is 11.6. The Labute approximate surface area is 221 Å². The zero-order valence-electron chi connectivity index (χ0n) is 18.1. The van der Waals surface area contributed by atoms with Crippen molar-refractivity contribution in [2.75, 3.05) is 12.4 Å². The lowest BCUT2D eigenvalue weighted by Gasteiger charge is -2.13. The number of nitrogens with zero attached hydrogens (tertiary/aromatic N) is 1. The molecule has 1 amide bonds. The molecule has 0 heterocycles. The fourth-order valence-electron chi connectivity index (χ4n) is 2.90. The van der Waals surface area contributed by atoms with E-state index in [-0.39, 0.29) is 12.2 Å². The summed E-state index contributed by atoms with van der Waals surface area (Å²) in [5.41, 5.74) is 2.67. The number of rotatable bonds is 7. The first-order valence-corrected chi connectivity index (χ1v) is 11.8. The Balaban J connectivity index is 1.82. The van der Waals surface area contributed by atoms with Crippen LogP contribution in [-0.2, 0) is 11.4 Å². The number of anilines is 1. The van der Waals surface area contributed by atoms with Gasteiger partial charge >= 0.3 is 0 Å². The Morgan fingerprint density at radius 2 is 1.82 bits per heavy atom. The standard InChI is InChI=1S/C25H18BrCl3N2O3/c1-14-3-5-18(10-21(14)28)31-25(32)17(12-30)8-16-9-23(33-2)24(11-19(16)26)34-13-15-4-6-20(27)22(29)7-15/h3-11H,13H2,1-2H3,(H,31,32)/b17-8-. The molecular formula is C25H18BrCl3N2O3. The average Bonchev–Trinajstić information content (AvgIpc) is 2.81. The molecule has 0 saturated heterocycles. The number of nitrogens with one attached hydrogen (secondary N) is 1. The van der Waals surface area contributed by atoms with Gasteiger partial charge in [0, 0.05) is 15.2 Å². The van der Waals surface area contributed by atoms with E-state index in [0.29, 0.717) is 42.3 Å². The molecule has 0 aromatic heterocycles. The quantitative estimate of drug-likeness (QED) is 0.228. The van der Waals surface area contributed by atoms with Crippen molar-refractivity contribution in [3.05, 3.63) is 90.3 Å². The number of methoxy groups -OCH3 is 1. The number of hydrogen-bond donors (Lipinski definition) is 1. The van der Waals surface area contributed by atoms with Gasteiger partial charge in [0.15, 0.2) is 11.5 Å². The minimum absolute atomic E-state index is 0.0936. The number of aryl methyl sites for hydroxylation is 1. The van der Waals surface area contributed by atoms with Crippen molar-refractivity contribution in [3.8, 4) is 17.6 Å². The van der Waals surface area contributed by atoms with E-state index in [9.17, 15) is 10.1 Å². The summed E-state index contributed by atoms with van der Waals surface area (Å²) in [6.07, 6.45) is 1.46. The molecule has 0 aliphatic heterocycles. The maximum atomic E-state index is 12.7. The third kappa shape index (κ3) is 6.46. The number of nitriles is 1. The molecular weight excluding hydrogens is 563 g/mol. The van der Waals surface area contributed by atoms with Crippen LogP contribution in [-0.4, -0.2) is 13.0 Å². The largest absolute Gasteiger partial charge is 0.493 e. The highest BCUT2D eigenvalue weighted by Crippen LogP contribution is 2.35. The topological polar surface area (TPSA) is 71.3 Å². The Bertz CT molecular complexity index is 1320. The highest BCUT2D eigenvalue weighted by molar-refractivity contribution is 9.10. The van der Waals surface area contributed by atoms with Crippen LogP contribution in [0.4, 0.5) is 5.69 Å². The van der Waals surface area contributed by atoms with E-state index in [1.807, 2.05) is 19.1 Å². The van der Waals surface area contributed by atoms with Gasteiger partial charge in [0.25, 0.3) is 5.91 Å². The zero-order chi connectivity index (χ0) is 24.8. The maximum Gasteiger partial charge on any atom is 0.266 e. The molecule has 0 aliphatic rings. The molecule has 0 unspecified atom stereocenters. The molecule has 34 heavy (non-hydrogen) atoms. The fraction of sp³-hybridized carbons (Fsp3) is 0.120. The Morgan fingerprint density at radius 3 is 2.47 bits per heavy atom. The first-order chi connectivity index (χ1) is 16.2. The van der Waals surface area contributed by atoms with Gasteiger partial charge in [-0.15, -0.1) is 0 Å². The van der Waals surface area contributed by atoms with E-state index in [1.165, 1.54) is 13.2 Å². The summed E-state index contributed by atoms with van der Waals surface area (Å²) >= 11 is 21.6. The SMILES string of the molecule is COc1cc(/C=C(/C#N)C(=O)Nc2ccc(C)c(Cl)c2)c(Br)cc1OCc1ccc(Cl)c(Cl)c1. The van der Waals surface area contributed by atoms with E-state index in [1.54, 1.807) is 42.5 Å². The number of carbonyl (C=O) groups excluding carboxylic acids is 1. The van der Waals surface area contributed by atoms with Crippen LogP contribution >= 0.6 is 50.7 Å². The number of hydrogen-bond acceptors (Lipinski definition) is 4. The van der Waals surface area contributed by atoms with E-state index >= 15 is 0 Å². The van der Waals surface area contributed by atoms with Crippen LogP contribution in [0, 0.1) is 18.3 Å². The number of benzene rings is 3. The van der Waals surface area contributed by atoms with E-state index in [0.717, 1.165) is 11.1 Å². The van der Waals surface area contributed by atoms with Crippen LogP contribution in [0.15, 0.2) is 58.6 Å². The van der Waals surface area contributed by atoms with Crippen LogP contribution in [0.5, 0.6) is 11.5 Å². The normalized spacial score (nSPS) is 11.0. The molecule has 0 aliphatic carbocycles. The highest BCUT2D eigenvalue weighted by Gasteiger charge is 2.14. The number of amides is 1. The van der Waals surface area contributed by atoms with Gasteiger partial charge in [0.2, 0.25) is 0 Å². The lowest BCUT2D eigenvalue weighted by atomic mass is 10.1. The van der Waals surface area contributed by atoms with E-state index < -0.39 is 5.91 Å². The van der Waals surface area contributed by atoms with Crippen molar-refractivity contribution in [2.45, 2.75) is 13.5 Å². The lowest BCUT2D eigenvalue weighted by Crippen LogP contribution is -2.13. The van der Waals surface area contributed by atoms with Gasteiger partial charge in [0.1, 0.15) is 18.2 Å². The van der Waals surface area contributed by atoms with Crippen molar-refractivity contribution < 1.29 is 14.3 Å². The summed E-state index contributed by atoms with van der Waals surface area (Å²) in [6.45, 7) is 2.09. The molecule has 5 nitrogen and oxygen atoms in total. The van der Waals surface area contributed by atoms with E-state index in [2.05, 4.69) is 21.2 Å². The van der Waals surface area contributed by atoms with Crippen molar-refractivity contribution in [2.24, 2.45) is 0 Å². The first-order valence-electron chi connectivity index (χ1n) is 9.85. The molecule has 0 saturated carbocycles. The van der Waals surface area contributed by atoms with Gasteiger partial charge in [-0.25, -0.2) is 0 Å². The highest BCUT2D eigenvalue weighted by atomic mass is 79.9. The predicted molar refractivity (Wildman–Crippen MR) is 140 cm³/mol. The lowest BCUT2D eigenvalue weighted by molar-refractivity contribution is -0.112. The average molecular weight is 581 g/mol. The predicted octanol–water partition coefficient (Wildman–Crippen LogP) is 7.85. The van der Waals surface area contributed by atoms with Crippen LogP contribution in [0.25, 0.3) is 6.08 Å². The molecule has 3 aromatic rings. The number of carbonyl (C=O) groups is 1. The summed E-state index contributed by atoms with van der Waals surface area (Å²) in [7, 11) is 1.50. The maximum absolute atomic E-state index is 12.7. The smallest absolute Gasteiger partial charge is 0.266 e. The molecule has 0 spiro atoms. The third-order valence-corrected chi connectivity index (χ3v) is 6.59. The fourth-order valence-corrected chi connectivity index (χ4v) is 3.84. The summed E-state index contributed by atoms with van der Waals surface area (Å²) in [4.78, 5) is 12.7. The van der Waals surface area contributed by atoms with Gasteiger partial charge in [-0.3, -0.25) is 4.79 Å². The molecule has 174 valence electrons. The third-order valence-electron chi connectivity index (χ3n) is 4.76. The van der Waals surface area contributed by atoms with Gasteiger partial charge in [-0.1, -0.05) is 62.9 Å². The van der Waals surface area contributed by atoms with Crippen LogP contribution < -0.4 is 14.8 Å². The monoisotopic (exact) mass is 578 g/mol. The van der Waals surface area contributed by atoms with Crippen molar-refractivity contribution >= 4 is 68.4 Å². The summed E-state index contributed by atoms with van der Waals surface area (Å²) < 4.78 is 11.9. The van der Waals surface area contributed by atoms with Gasteiger partial charge in [0.05, 0.1) is 17.2 Å². The molecule has 1 N–H and O–H groups in total. The minimum atomic E-state index is -0.562. The van der Waals surface area contributed by atoms with Crippen LogP contribution in [0.3, 0.4) is 0 Å². The Hall–Kier alpha value is -2.69. The van der Waals surface area contributed by atoms with Gasteiger partial charge < -0.3 is 14.8 Å². The summed E-state index contributed by atoms with van der Waals surface area (Å²) in [6, 6.07) is 15.7. The Morgan fingerprint density at radius 1 is 1.06 bits per heavy atom. The second-order valence-electron chi connectivity index (χ2n) is 7.15. The second-order valence-corrected chi connectivity index (χ2v) is 9.23. The van der Waals surface area contributed by atoms with Crippen molar-refractivity contribution in [1.82, 2.24) is 0 Å². The van der Waals surface area contributed by atoms with Crippen molar-refractivity contribution in [3.63, 3.8) is 0 Å². The number of ether oxygens (including phenoxy) is 2. The molecule has 0 atom stereocenters. The molecule has 0 bridgehead atoms. The molecule has 0 fully saturated rings. The molecule has 3 rings (SSSR count). The van der Waals surface area contributed by atoms with Gasteiger partial charge in [-0.2, -0.15) is 5.26 Å². The van der Waals surface area contributed by atoms with E-state index in [4.69, 9.17) is 44.3 Å². The minimum Gasteiger partial charge on any atom is -0.493 e.